The lowest BCUT2D eigenvalue weighted by Crippen LogP contribution is -2.29. The average molecular weight is 1200 g/mol. The molecular formula is C51H92N2O17S6. The van der Waals surface area contributed by atoms with Gasteiger partial charge in [-0.15, -0.1) is 0 Å². The normalized spacial score (nSPS) is 14.9. The molecule has 0 aromatic carbocycles. The first-order valence-electron chi connectivity index (χ1n) is 27.4. The minimum Gasteiger partial charge on any atom is -0.481 e. The van der Waals surface area contributed by atoms with Crippen molar-refractivity contribution in [2.75, 3.05) is 119 Å². The van der Waals surface area contributed by atoms with E-state index in [9.17, 15) is 39.0 Å². The third-order valence-electron chi connectivity index (χ3n) is 11.9. The number of unbranched alkanes of at least 4 members (excludes halogenated alkanes) is 14. The van der Waals surface area contributed by atoms with Crippen molar-refractivity contribution < 1.29 is 83.4 Å². The molecule has 0 aromatic heterocycles. The van der Waals surface area contributed by atoms with Crippen LogP contribution in [0.25, 0.3) is 0 Å². The summed E-state index contributed by atoms with van der Waals surface area (Å²) in [5.74, 6) is -4.20. The number of hydrogen-bond acceptors (Lipinski definition) is 20. The lowest BCUT2D eigenvalue weighted by molar-refractivity contribution is -0.144. The summed E-state index contributed by atoms with van der Waals surface area (Å²) in [5, 5.41) is 33.6. The number of carbonyl (C=O) groups is 6. The molecule has 2 rings (SSSR count). The van der Waals surface area contributed by atoms with E-state index in [-0.39, 0.29) is 65.0 Å². The summed E-state index contributed by atoms with van der Waals surface area (Å²) in [7, 11) is 10.6. The van der Waals surface area contributed by atoms with Crippen LogP contribution in [-0.4, -0.2) is 177 Å². The largest absolute Gasteiger partial charge is 0.481 e. The summed E-state index contributed by atoms with van der Waals surface area (Å²) in [5.41, 5.74) is 0. The minimum absolute atomic E-state index is 0. The maximum Gasteiger partial charge on any atom is 0.308 e. The monoisotopic (exact) mass is 1200 g/mol. The van der Waals surface area contributed by atoms with Crippen LogP contribution in [0.3, 0.4) is 0 Å². The standard InChI is InChI=1S/C51H90N2O17S6.H2/c54-43(17-13-11-9-7-5-3-1-2-4-6-8-10-12-14-19-47(57)58)41-42(48(59)60)20-21-45(55)53-24-26-64-28-30-66-32-34-68-36-38-70-40-39-69-37-35-67-33-31-65-29-27-63-25-22-46(56)52-23-16-15-18-44(49(61)62)50-71-73-51(74-72-50)75-76-51;/h42,44,50H,1-41H2,(H,52,56)(H,53,55)(H,57,58)(H,59,60)(H,61,62);1H/t42-,44+;/m1./s1. The number of carbonyl (C=O) groups excluding carboxylic acids is 3. The van der Waals surface area contributed by atoms with Crippen LogP contribution in [0.15, 0.2) is 0 Å². The molecule has 2 atom stereocenters. The zero-order chi connectivity index (χ0) is 55.0. The van der Waals surface area contributed by atoms with Gasteiger partial charge in [-0.05, 0) is 53.7 Å². The van der Waals surface area contributed by atoms with Crippen LogP contribution in [0.2, 0.25) is 0 Å². The number of carboxylic acid groups (broad SMARTS) is 3. The Balaban J connectivity index is 0.0000296. The Kier molecular flexibility index (Phi) is 46.3. The van der Waals surface area contributed by atoms with Gasteiger partial charge < -0.3 is 63.8 Å². The SMILES string of the molecule is O=C(O)CCCCCCCCCCCCCCCCC(=O)C[C@@H](CCC(=O)NCCOCCOCCOCCOCCOCCOCCOCCOCCC(=O)NCCCC[C@@H](C(=O)O)C1SSC2(SS1)SS2)C(=O)O.[HH]. The van der Waals surface area contributed by atoms with E-state index < -0.39 is 29.7 Å². The molecule has 19 nitrogen and oxygen atoms in total. The molecule has 0 unspecified atom stereocenters. The van der Waals surface area contributed by atoms with Crippen molar-refractivity contribution >= 4 is 100 Å². The zero-order valence-electron chi connectivity index (χ0n) is 44.7. The molecule has 0 bridgehead atoms. The van der Waals surface area contributed by atoms with Gasteiger partial charge in [-0.2, -0.15) is 0 Å². The number of ketones is 1. The summed E-state index contributed by atoms with van der Waals surface area (Å²) in [6.45, 7) is 7.18. The van der Waals surface area contributed by atoms with Gasteiger partial charge in [0.05, 0.1) is 122 Å². The molecule has 0 aliphatic carbocycles. The molecular weight excluding hydrogens is 1100 g/mol. The molecule has 444 valence electrons. The predicted octanol–water partition coefficient (Wildman–Crippen LogP) is 9.73. The molecule has 2 saturated heterocycles. The highest BCUT2D eigenvalue weighted by atomic mass is 33.2. The molecule has 0 saturated carbocycles. The fourth-order valence-electron chi connectivity index (χ4n) is 7.52. The number of Topliss-reactive ketones (excluding diaryl/α,β-unsaturated/α-hetero) is 1. The molecule has 1 spiro atoms. The number of hydrogen-bond donors (Lipinski definition) is 5. The Hall–Kier alpha value is -1.20. The first-order valence-corrected chi connectivity index (χ1v) is 34.0. The molecule has 0 radical (unpaired) electrons. The van der Waals surface area contributed by atoms with Gasteiger partial charge >= 0.3 is 17.9 Å². The van der Waals surface area contributed by atoms with Gasteiger partial charge in [0.2, 0.25) is 11.8 Å². The summed E-state index contributed by atoms with van der Waals surface area (Å²) >= 11 is 0. The second-order valence-corrected chi connectivity index (χ2v) is 27.9. The predicted molar refractivity (Wildman–Crippen MR) is 308 cm³/mol. The Labute approximate surface area is 477 Å². The smallest absolute Gasteiger partial charge is 0.308 e. The van der Waals surface area contributed by atoms with Crippen molar-refractivity contribution in [3.8, 4) is 0 Å². The van der Waals surface area contributed by atoms with Crippen molar-refractivity contribution in [1.29, 1.82) is 0 Å². The van der Waals surface area contributed by atoms with E-state index >= 15 is 0 Å². The second kappa shape index (κ2) is 49.6. The van der Waals surface area contributed by atoms with Crippen LogP contribution in [0.1, 0.15) is 149 Å². The Morgan fingerprint density at radius 2 is 0.803 bits per heavy atom. The summed E-state index contributed by atoms with van der Waals surface area (Å²) < 4.78 is 44.2. The van der Waals surface area contributed by atoms with Crippen LogP contribution in [0.4, 0.5) is 0 Å². The topological polar surface area (TPSA) is 261 Å². The molecule has 2 heterocycles. The van der Waals surface area contributed by atoms with E-state index in [1.165, 1.54) is 44.9 Å². The van der Waals surface area contributed by atoms with Crippen LogP contribution in [-0.2, 0) is 66.7 Å². The van der Waals surface area contributed by atoms with Crippen molar-refractivity contribution in [3.63, 3.8) is 0 Å². The summed E-state index contributed by atoms with van der Waals surface area (Å²) in [6.07, 6.45) is 18.5. The van der Waals surface area contributed by atoms with Gasteiger partial charge in [-0.3, -0.25) is 28.8 Å². The van der Waals surface area contributed by atoms with Gasteiger partial charge in [-0.25, -0.2) is 0 Å². The van der Waals surface area contributed by atoms with Gasteiger partial charge in [-0.1, -0.05) is 127 Å². The highest BCUT2D eigenvalue weighted by molar-refractivity contribution is 9.14. The lowest BCUT2D eigenvalue weighted by atomic mass is 9.94. The first kappa shape index (κ1) is 70.9. The molecule has 2 fully saturated rings. The number of ether oxygens (including phenoxy) is 8. The Bertz CT molecular complexity index is 1530. The lowest BCUT2D eigenvalue weighted by Gasteiger charge is -2.27. The van der Waals surface area contributed by atoms with E-state index in [0.29, 0.717) is 125 Å². The highest BCUT2D eigenvalue weighted by Crippen LogP contribution is 2.84. The van der Waals surface area contributed by atoms with Crippen molar-refractivity contribution in [3.05, 3.63) is 0 Å². The fraction of sp³-hybridized carbons (Fsp3) is 0.882. The van der Waals surface area contributed by atoms with Crippen molar-refractivity contribution in [2.24, 2.45) is 11.8 Å². The molecule has 5 N–H and O–H groups in total. The maximum absolute atomic E-state index is 12.5. The van der Waals surface area contributed by atoms with Crippen LogP contribution < -0.4 is 10.6 Å². The van der Waals surface area contributed by atoms with E-state index in [0.717, 1.165) is 57.8 Å². The summed E-state index contributed by atoms with van der Waals surface area (Å²) in [4.78, 5) is 71.0. The number of carboxylic acids is 3. The third kappa shape index (κ3) is 42.7. The number of nitrogens with one attached hydrogen (secondary N) is 2. The third-order valence-corrected chi connectivity index (χ3v) is 25.8. The van der Waals surface area contributed by atoms with Gasteiger partial charge in [0, 0.05) is 46.6 Å². The van der Waals surface area contributed by atoms with Gasteiger partial charge in [0.25, 0.3) is 0 Å². The quantitative estimate of drug-likeness (QED) is 0.0215. The first-order chi connectivity index (χ1) is 37.0. The van der Waals surface area contributed by atoms with Crippen molar-refractivity contribution in [2.45, 2.75) is 155 Å². The van der Waals surface area contributed by atoms with E-state index in [1.807, 2.05) is 21.6 Å². The van der Waals surface area contributed by atoms with Crippen LogP contribution in [0, 0.1) is 11.8 Å². The van der Waals surface area contributed by atoms with E-state index in [2.05, 4.69) is 10.6 Å². The van der Waals surface area contributed by atoms with Crippen molar-refractivity contribution in [1.82, 2.24) is 10.6 Å². The zero-order valence-corrected chi connectivity index (χ0v) is 49.6. The summed E-state index contributed by atoms with van der Waals surface area (Å²) in [6, 6.07) is 0. The maximum atomic E-state index is 12.5. The Morgan fingerprint density at radius 3 is 1.22 bits per heavy atom. The number of amides is 2. The number of aliphatic carboxylic acids is 3. The molecule has 76 heavy (non-hydrogen) atoms. The molecule has 2 aliphatic rings. The van der Waals surface area contributed by atoms with E-state index in [1.54, 1.807) is 43.2 Å². The number of rotatable bonds is 57. The second-order valence-electron chi connectivity index (χ2n) is 18.3. The van der Waals surface area contributed by atoms with Crippen LogP contribution in [0.5, 0.6) is 0 Å². The van der Waals surface area contributed by atoms with E-state index in [4.69, 9.17) is 43.0 Å². The highest BCUT2D eigenvalue weighted by Gasteiger charge is 2.53. The average Bonchev–Trinajstić information content (AvgIpc) is 4.16. The molecule has 0 aromatic rings. The fourth-order valence-corrected chi connectivity index (χ4v) is 21.4. The molecule has 25 heteroatoms. The van der Waals surface area contributed by atoms with Crippen LogP contribution >= 0.6 is 64.8 Å². The van der Waals surface area contributed by atoms with Gasteiger partial charge in [0.15, 0.2) is 2.74 Å². The Morgan fingerprint density at radius 1 is 0.408 bits per heavy atom. The molecule has 2 amide bonds. The molecule has 2 aliphatic heterocycles. The minimum atomic E-state index is -1.05. The van der Waals surface area contributed by atoms with Gasteiger partial charge in [0.1, 0.15) is 5.78 Å².